The van der Waals surface area contributed by atoms with E-state index < -0.39 is 0 Å². The largest absolute Gasteiger partial charge is 0.349 e. The summed E-state index contributed by atoms with van der Waals surface area (Å²) in [7, 11) is 0. The normalized spacial score (nSPS) is 11.3. The number of anilines is 1. The molecule has 2 aromatic heterocycles. The molecule has 0 radical (unpaired) electrons. The fraction of sp³-hybridized carbons (Fsp3) is 0.294. The van der Waals surface area contributed by atoms with E-state index in [1.54, 1.807) is 35.1 Å². The van der Waals surface area contributed by atoms with E-state index in [-0.39, 0.29) is 11.7 Å². The maximum atomic E-state index is 11.9. The standard InChI is InChI=1S/C17H19N5OS3/c1-3-22(4-2)16-18-9-12(25-16)10-19-21-15(23)11-24-17-20-13-7-5-6-8-14(13)26-17/h5-10H,3-4,11H2,1-2H3,(H,21,23)/b19-10+. The van der Waals surface area contributed by atoms with E-state index in [0.29, 0.717) is 0 Å². The van der Waals surface area contributed by atoms with Crippen molar-refractivity contribution >= 4 is 61.9 Å². The molecule has 0 fully saturated rings. The van der Waals surface area contributed by atoms with Crippen molar-refractivity contribution in [1.82, 2.24) is 15.4 Å². The number of hydrogen-bond acceptors (Lipinski definition) is 8. The summed E-state index contributed by atoms with van der Waals surface area (Å²) in [5.74, 6) is 0.129. The Labute approximate surface area is 164 Å². The van der Waals surface area contributed by atoms with Gasteiger partial charge in [0.15, 0.2) is 9.47 Å². The van der Waals surface area contributed by atoms with Crippen molar-refractivity contribution in [2.75, 3.05) is 23.7 Å². The summed E-state index contributed by atoms with van der Waals surface area (Å²) in [6, 6.07) is 7.95. The third-order valence-corrected chi connectivity index (χ3v) is 6.70. The van der Waals surface area contributed by atoms with Crippen LogP contribution in [0.2, 0.25) is 0 Å². The lowest BCUT2D eigenvalue weighted by atomic mass is 10.3. The second-order valence-corrected chi connectivity index (χ2v) is 8.54. The Morgan fingerprint density at radius 3 is 2.88 bits per heavy atom. The number of nitrogens with one attached hydrogen (secondary N) is 1. The van der Waals surface area contributed by atoms with Crippen molar-refractivity contribution < 1.29 is 4.79 Å². The van der Waals surface area contributed by atoms with Gasteiger partial charge in [0.1, 0.15) is 0 Å². The number of fused-ring (bicyclic) bond motifs is 1. The maximum Gasteiger partial charge on any atom is 0.250 e. The van der Waals surface area contributed by atoms with Crippen molar-refractivity contribution in [3.05, 3.63) is 35.3 Å². The van der Waals surface area contributed by atoms with Gasteiger partial charge >= 0.3 is 0 Å². The highest BCUT2D eigenvalue weighted by Crippen LogP contribution is 2.29. The van der Waals surface area contributed by atoms with Crippen LogP contribution in [0.5, 0.6) is 0 Å². The third-order valence-electron chi connectivity index (χ3n) is 3.53. The molecule has 0 unspecified atom stereocenters. The zero-order valence-corrected chi connectivity index (χ0v) is 17.0. The van der Waals surface area contributed by atoms with Crippen molar-refractivity contribution in [2.24, 2.45) is 5.10 Å². The van der Waals surface area contributed by atoms with Gasteiger partial charge in [0, 0.05) is 19.3 Å². The number of nitrogens with zero attached hydrogens (tertiary/aromatic N) is 4. The minimum Gasteiger partial charge on any atom is -0.349 e. The molecule has 2 heterocycles. The van der Waals surface area contributed by atoms with Crippen LogP contribution in [0.1, 0.15) is 18.7 Å². The molecular formula is C17H19N5OS3. The van der Waals surface area contributed by atoms with Gasteiger partial charge in [-0.25, -0.2) is 15.4 Å². The number of aromatic nitrogens is 2. The lowest BCUT2D eigenvalue weighted by Crippen LogP contribution is -2.21. The molecule has 0 spiro atoms. The topological polar surface area (TPSA) is 70.5 Å². The van der Waals surface area contributed by atoms with Gasteiger partial charge in [0.2, 0.25) is 0 Å². The smallest absolute Gasteiger partial charge is 0.250 e. The molecule has 6 nitrogen and oxygen atoms in total. The van der Waals surface area contributed by atoms with Crippen molar-refractivity contribution in [2.45, 2.75) is 18.2 Å². The minimum atomic E-state index is -0.154. The number of carbonyl (C=O) groups is 1. The first kappa shape index (κ1) is 18.8. The Hall–Kier alpha value is -1.97. The van der Waals surface area contributed by atoms with Crippen molar-refractivity contribution in [1.29, 1.82) is 0 Å². The first-order valence-corrected chi connectivity index (χ1v) is 10.8. The highest BCUT2D eigenvalue weighted by Gasteiger charge is 2.08. The lowest BCUT2D eigenvalue weighted by Gasteiger charge is -2.16. The summed E-state index contributed by atoms with van der Waals surface area (Å²) >= 11 is 4.57. The molecule has 0 saturated heterocycles. The highest BCUT2D eigenvalue weighted by molar-refractivity contribution is 8.01. The van der Waals surface area contributed by atoms with Crippen LogP contribution in [-0.4, -0.2) is 40.9 Å². The predicted octanol–water partition coefficient (Wildman–Crippen LogP) is 3.84. The zero-order chi connectivity index (χ0) is 18.4. The van der Waals surface area contributed by atoms with Gasteiger partial charge < -0.3 is 4.90 Å². The molecule has 1 aromatic carbocycles. The molecule has 9 heteroatoms. The van der Waals surface area contributed by atoms with E-state index in [9.17, 15) is 4.79 Å². The molecule has 3 aromatic rings. The molecule has 136 valence electrons. The van der Waals surface area contributed by atoms with Crippen molar-refractivity contribution in [3.63, 3.8) is 0 Å². The minimum absolute atomic E-state index is 0.154. The van der Waals surface area contributed by atoms with E-state index in [2.05, 4.69) is 39.2 Å². The molecular weight excluding hydrogens is 386 g/mol. The lowest BCUT2D eigenvalue weighted by molar-refractivity contribution is -0.118. The maximum absolute atomic E-state index is 11.9. The van der Waals surface area contributed by atoms with Crippen LogP contribution in [0.3, 0.4) is 0 Å². The van der Waals surface area contributed by atoms with E-state index in [1.807, 2.05) is 24.3 Å². The van der Waals surface area contributed by atoms with E-state index in [1.165, 1.54) is 11.8 Å². The molecule has 26 heavy (non-hydrogen) atoms. The quantitative estimate of drug-likeness (QED) is 0.350. The van der Waals surface area contributed by atoms with E-state index in [0.717, 1.165) is 37.7 Å². The Balaban J connectivity index is 1.48. The SMILES string of the molecule is CCN(CC)c1ncc(/C=N/NC(=O)CSc2nc3ccccc3s2)s1. The first-order chi connectivity index (χ1) is 12.7. The van der Waals surface area contributed by atoms with E-state index in [4.69, 9.17) is 0 Å². The van der Waals surface area contributed by atoms with Gasteiger partial charge in [0.05, 0.1) is 27.1 Å². The fourth-order valence-electron chi connectivity index (χ4n) is 2.22. The fourth-order valence-corrected chi connectivity index (χ4v) is 4.99. The summed E-state index contributed by atoms with van der Waals surface area (Å²) in [4.78, 5) is 23.9. The Kier molecular flexibility index (Phi) is 6.59. The zero-order valence-electron chi connectivity index (χ0n) is 14.5. The molecule has 0 bridgehead atoms. The molecule has 1 N–H and O–H groups in total. The predicted molar refractivity (Wildman–Crippen MR) is 112 cm³/mol. The molecule has 3 rings (SSSR count). The third kappa shape index (κ3) is 4.80. The van der Waals surface area contributed by atoms with Crippen LogP contribution < -0.4 is 10.3 Å². The molecule has 0 aliphatic carbocycles. The summed E-state index contributed by atoms with van der Waals surface area (Å²) in [6.45, 7) is 6.03. The number of thiazole rings is 2. The second-order valence-electron chi connectivity index (χ2n) is 5.25. The first-order valence-electron chi connectivity index (χ1n) is 8.20. The number of para-hydroxylation sites is 1. The van der Waals surface area contributed by atoms with Crippen LogP contribution in [0.4, 0.5) is 5.13 Å². The molecule has 0 atom stereocenters. The molecule has 0 aliphatic rings. The number of hydrazone groups is 1. The van der Waals surface area contributed by atoms with Gasteiger partial charge in [-0.05, 0) is 26.0 Å². The number of rotatable bonds is 8. The van der Waals surface area contributed by atoms with E-state index >= 15 is 0 Å². The summed E-state index contributed by atoms with van der Waals surface area (Å²) in [5, 5.41) is 4.98. The Bertz CT molecular complexity index is 868. The number of hydrogen-bond donors (Lipinski definition) is 1. The average Bonchev–Trinajstić information content (AvgIpc) is 3.28. The number of carbonyl (C=O) groups excluding carboxylic acids is 1. The van der Waals surface area contributed by atoms with Crippen LogP contribution in [0.15, 0.2) is 39.9 Å². The van der Waals surface area contributed by atoms with Gasteiger partial charge in [-0.15, -0.1) is 11.3 Å². The van der Waals surface area contributed by atoms with Crippen LogP contribution in [0, 0.1) is 0 Å². The van der Waals surface area contributed by atoms with Gasteiger partial charge in [-0.1, -0.05) is 35.2 Å². The van der Waals surface area contributed by atoms with Crippen LogP contribution >= 0.6 is 34.4 Å². The van der Waals surface area contributed by atoms with Crippen LogP contribution in [0.25, 0.3) is 10.2 Å². The average molecular weight is 406 g/mol. The molecule has 0 saturated carbocycles. The van der Waals surface area contributed by atoms with Gasteiger partial charge in [-0.3, -0.25) is 4.79 Å². The number of thioether (sulfide) groups is 1. The molecule has 0 aliphatic heterocycles. The number of amides is 1. The van der Waals surface area contributed by atoms with Crippen LogP contribution in [-0.2, 0) is 4.79 Å². The highest BCUT2D eigenvalue weighted by atomic mass is 32.2. The number of benzene rings is 1. The molecule has 1 amide bonds. The van der Waals surface area contributed by atoms with Gasteiger partial charge in [-0.2, -0.15) is 5.10 Å². The van der Waals surface area contributed by atoms with Crippen molar-refractivity contribution in [3.8, 4) is 0 Å². The second kappa shape index (κ2) is 9.11. The summed E-state index contributed by atoms with van der Waals surface area (Å²) < 4.78 is 2.01. The van der Waals surface area contributed by atoms with Gasteiger partial charge in [0.25, 0.3) is 5.91 Å². The summed E-state index contributed by atoms with van der Waals surface area (Å²) in [5.41, 5.74) is 3.52. The summed E-state index contributed by atoms with van der Waals surface area (Å²) in [6.07, 6.45) is 3.40. The Morgan fingerprint density at radius 1 is 1.31 bits per heavy atom. The Morgan fingerprint density at radius 2 is 2.12 bits per heavy atom. The monoisotopic (exact) mass is 405 g/mol.